The van der Waals surface area contributed by atoms with Gasteiger partial charge in [0.1, 0.15) is 0 Å². The maximum atomic E-state index is 12.3. The number of fused-ring (bicyclic) bond motifs is 1. The van der Waals surface area contributed by atoms with Gasteiger partial charge in [-0.05, 0) is 74.2 Å². The second-order valence-corrected chi connectivity index (χ2v) is 6.93. The van der Waals surface area contributed by atoms with Crippen LogP contribution in [-0.2, 0) is 12.8 Å². The molecule has 3 heteroatoms. The van der Waals surface area contributed by atoms with E-state index in [0.717, 1.165) is 24.6 Å². The largest absolute Gasteiger partial charge is 0.352 e. The standard InChI is InChI=1S/C18H24N2O/c21-18(16-5-4-14-2-1-3-15(14)10-16)19-11-13-8-9-20(12-13)17-6-7-17/h4-5,10,13,17H,1-3,6-9,11-12H2,(H,19,21). The minimum atomic E-state index is 0.106. The summed E-state index contributed by atoms with van der Waals surface area (Å²) in [4.78, 5) is 14.9. The summed E-state index contributed by atoms with van der Waals surface area (Å²) in [6, 6.07) is 7.09. The average molecular weight is 284 g/mol. The Kier molecular flexibility index (Phi) is 3.46. The molecule has 1 saturated heterocycles. The zero-order chi connectivity index (χ0) is 14.2. The molecule has 0 aromatic heterocycles. The van der Waals surface area contributed by atoms with E-state index in [1.54, 1.807) is 0 Å². The van der Waals surface area contributed by atoms with Crippen molar-refractivity contribution in [2.45, 2.75) is 44.6 Å². The highest BCUT2D eigenvalue weighted by molar-refractivity contribution is 5.94. The van der Waals surface area contributed by atoms with Gasteiger partial charge in [-0.25, -0.2) is 0 Å². The molecule has 0 radical (unpaired) electrons. The van der Waals surface area contributed by atoms with Gasteiger partial charge in [-0.15, -0.1) is 0 Å². The highest BCUT2D eigenvalue weighted by Crippen LogP contribution is 2.31. The van der Waals surface area contributed by atoms with E-state index in [2.05, 4.69) is 22.3 Å². The number of nitrogens with one attached hydrogen (secondary N) is 1. The summed E-state index contributed by atoms with van der Waals surface area (Å²) in [5.41, 5.74) is 3.65. The fourth-order valence-corrected chi connectivity index (χ4v) is 3.85. The van der Waals surface area contributed by atoms with Crippen LogP contribution in [0.25, 0.3) is 0 Å². The molecule has 1 heterocycles. The zero-order valence-corrected chi connectivity index (χ0v) is 12.6. The lowest BCUT2D eigenvalue weighted by Gasteiger charge is -2.15. The Morgan fingerprint density at radius 3 is 2.90 bits per heavy atom. The van der Waals surface area contributed by atoms with Crippen molar-refractivity contribution in [1.82, 2.24) is 10.2 Å². The van der Waals surface area contributed by atoms with E-state index in [0.29, 0.717) is 5.92 Å². The van der Waals surface area contributed by atoms with Crippen LogP contribution in [0.3, 0.4) is 0 Å². The number of amides is 1. The Labute approximate surface area is 126 Å². The normalized spacial score (nSPS) is 25.0. The van der Waals surface area contributed by atoms with E-state index >= 15 is 0 Å². The second kappa shape index (κ2) is 5.45. The number of benzene rings is 1. The monoisotopic (exact) mass is 284 g/mol. The topological polar surface area (TPSA) is 32.3 Å². The lowest BCUT2D eigenvalue weighted by molar-refractivity contribution is 0.0947. The van der Waals surface area contributed by atoms with Crippen molar-refractivity contribution < 1.29 is 4.79 Å². The van der Waals surface area contributed by atoms with E-state index in [-0.39, 0.29) is 5.91 Å². The van der Waals surface area contributed by atoms with Crippen LogP contribution in [0.2, 0.25) is 0 Å². The van der Waals surface area contributed by atoms with Gasteiger partial charge in [0.05, 0.1) is 0 Å². The summed E-state index contributed by atoms with van der Waals surface area (Å²) in [7, 11) is 0. The molecule has 2 fully saturated rings. The van der Waals surface area contributed by atoms with Crippen molar-refractivity contribution in [3.8, 4) is 0 Å². The van der Waals surface area contributed by atoms with Crippen molar-refractivity contribution in [2.75, 3.05) is 19.6 Å². The van der Waals surface area contributed by atoms with Gasteiger partial charge in [0.25, 0.3) is 5.91 Å². The van der Waals surface area contributed by atoms with Gasteiger partial charge >= 0.3 is 0 Å². The Hall–Kier alpha value is -1.35. The molecular formula is C18H24N2O. The molecule has 21 heavy (non-hydrogen) atoms. The highest BCUT2D eigenvalue weighted by atomic mass is 16.1. The SMILES string of the molecule is O=C(NCC1CCN(C2CC2)C1)c1ccc2c(c1)CCC2. The number of nitrogens with zero attached hydrogens (tertiary/aromatic N) is 1. The molecule has 1 saturated carbocycles. The summed E-state index contributed by atoms with van der Waals surface area (Å²) in [6.07, 6.45) is 7.55. The molecule has 0 bridgehead atoms. The molecule has 1 N–H and O–H groups in total. The summed E-state index contributed by atoms with van der Waals surface area (Å²) in [5, 5.41) is 3.15. The number of likely N-dealkylation sites (tertiary alicyclic amines) is 1. The van der Waals surface area contributed by atoms with Crippen LogP contribution in [0, 0.1) is 5.92 Å². The molecule has 1 atom stereocenters. The third kappa shape index (κ3) is 2.84. The maximum Gasteiger partial charge on any atom is 0.251 e. The van der Waals surface area contributed by atoms with Crippen LogP contribution in [0.15, 0.2) is 18.2 Å². The molecule has 4 rings (SSSR count). The Morgan fingerprint density at radius 1 is 1.19 bits per heavy atom. The lowest BCUT2D eigenvalue weighted by Crippen LogP contribution is -2.31. The first-order valence-electron chi connectivity index (χ1n) is 8.43. The van der Waals surface area contributed by atoms with Crippen LogP contribution < -0.4 is 5.32 Å². The summed E-state index contributed by atoms with van der Waals surface area (Å²) < 4.78 is 0. The smallest absolute Gasteiger partial charge is 0.251 e. The van der Waals surface area contributed by atoms with Crippen molar-refractivity contribution in [1.29, 1.82) is 0 Å². The first kappa shape index (κ1) is 13.3. The number of rotatable bonds is 4. The minimum Gasteiger partial charge on any atom is -0.352 e. The second-order valence-electron chi connectivity index (χ2n) is 6.93. The number of carbonyl (C=O) groups is 1. The number of carbonyl (C=O) groups excluding carboxylic acids is 1. The highest BCUT2D eigenvalue weighted by Gasteiger charge is 2.34. The maximum absolute atomic E-state index is 12.3. The van der Waals surface area contributed by atoms with Crippen LogP contribution in [0.5, 0.6) is 0 Å². The van der Waals surface area contributed by atoms with Crippen molar-refractivity contribution in [3.05, 3.63) is 34.9 Å². The van der Waals surface area contributed by atoms with Gasteiger partial charge in [-0.2, -0.15) is 0 Å². The third-order valence-electron chi connectivity index (χ3n) is 5.29. The van der Waals surface area contributed by atoms with E-state index in [1.807, 2.05) is 6.07 Å². The quantitative estimate of drug-likeness (QED) is 0.921. The van der Waals surface area contributed by atoms with E-state index < -0.39 is 0 Å². The van der Waals surface area contributed by atoms with Gasteiger partial charge in [-0.1, -0.05) is 6.07 Å². The van der Waals surface area contributed by atoms with E-state index in [1.165, 1.54) is 56.3 Å². The van der Waals surface area contributed by atoms with E-state index in [9.17, 15) is 4.79 Å². The van der Waals surface area contributed by atoms with Gasteiger partial charge < -0.3 is 10.2 Å². The Morgan fingerprint density at radius 2 is 2.05 bits per heavy atom. The molecule has 1 aromatic rings. The molecule has 0 spiro atoms. The Bertz CT molecular complexity index is 550. The third-order valence-corrected chi connectivity index (χ3v) is 5.29. The van der Waals surface area contributed by atoms with Crippen LogP contribution in [0.4, 0.5) is 0 Å². The summed E-state index contributed by atoms with van der Waals surface area (Å²) in [6.45, 7) is 3.23. The minimum absolute atomic E-state index is 0.106. The first-order valence-corrected chi connectivity index (χ1v) is 8.43. The fourth-order valence-electron chi connectivity index (χ4n) is 3.85. The van der Waals surface area contributed by atoms with Gasteiger partial charge in [0.15, 0.2) is 0 Å². The number of hydrogen-bond donors (Lipinski definition) is 1. The summed E-state index contributed by atoms with van der Waals surface area (Å²) in [5.74, 6) is 0.749. The fraction of sp³-hybridized carbons (Fsp3) is 0.611. The van der Waals surface area contributed by atoms with Gasteiger partial charge in [0, 0.05) is 24.7 Å². The summed E-state index contributed by atoms with van der Waals surface area (Å²) >= 11 is 0. The van der Waals surface area contributed by atoms with Crippen molar-refractivity contribution in [2.24, 2.45) is 5.92 Å². The molecule has 1 unspecified atom stereocenters. The zero-order valence-electron chi connectivity index (χ0n) is 12.6. The van der Waals surface area contributed by atoms with Gasteiger partial charge in [0.2, 0.25) is 0 Å². The van der Waals surface area contributed by atoms with Crippen molar-refractivity contribution in [3.63, 3.8) is 0 Å². The average Bonchev–Trinajstić information content (AvgIpc) is 3.07. The molecule has 112 valence electrons. The van der Waals surface area contributed by atoms with E-state index in [4.69, 9.17) is 0 Å². The number of hydrogen-bond acceptors (Lipinski definition) is 2. The first-order chi connectivity index (χ1) is 10.3. The lowest BCUT2D eigenvalue weighted by atomic mass is 10.1. The van der Waals surface area contributed by atoms with Crippen LogP contribution >= 0.6 is 0 Å². The van der Waals surface area contributed by atoms with Crippen LogP contribution in [-0.4, -0.2) is 36.5 Å². The molecule has 1 aromatic carbocycles. The molecule has 3 nitrogen and oxygen atoms in total. The predicted molar refractivity (Wildman–Crippen MR) is 83.5 cm³/mol. The van der Waals surface area contributed by atoms with Crippen molar-refractivity contribution >= 4 is 5.91 Å². The molecule has 1 amide bonds. The Balaban J connectivity index is 1.31. The molecular weight excluding hydrogens is 260 g/mol. The van der Waals surface area contributed by atoms with Crippen LogP contribution in [0.1, 0.15) is 47.2 Å². The molecule has 2 aliphatic carbocycles. The predicted octanol–water partition coefficient (Wildman–Crippen LogP) is 2.39. The van der Waals surface area contributed by atoms with Gasteiger partial charge in [-0.3, -0.25) is 4.79 Å². The molecule has 1 aliphatic heterocycles. The number of aryl methyl sites for hydroxylation is 2. The molecule has 3 aliphatic rings.